The van der Waals surface area contributed by atoms with E-state index in [4.69, 9.17) is 10.3 Å². The van der Waals surface area contributed by atoms with E-state index in [-0.39, 0.29) is 0 Å². The third kappa shape index (κ3) is 3.06. The van der Waals surface area contributed by atoms with Gasteiger partial charge in [-0.1, -0.05) is 41.4 Å². The molecule has 4 heteroatoms. The van der Waals surface area contributed by atoms with Crippen molar-refractivity contribution in [3.05, 3.63) is 41.7 Å². The van der Waals surface area contributed by atoms with Crippen LogP contribution in [-0.4, -0.2) is 29.2 Å². The van der Waals surface area contributed by atoms with Gasteiger partial charge in [0.2, 0.25) is 0 Å². The molecular weight excluding hydrogens is 286 g/mol. The van der Waals surface area contributed by atoms with Crippen LogP contribution in [0.4, 0.5) is 0 Å². The summed E-state index contributed by atoms with van der Waals surface area (Å²) < 4.78 is 5.57. The van der Waals surface area contributed by atoms with Crippen molar-refractivity contribution in [3.8, 4) is 11.3 Å². The fourth-order valence-corrected chi connectivity index (χ4v) is 4.21. The largest absolute Gasteiger partial charge is 0.359 e. The van der Waals surface area contributed by atoms with Crippen LogP contribution in [-0.2, 0) is 6.54 Å². The second-order valence-electron chi connectivity index (χ2n) is 7.26. The number of nitrogens with two attached hydrogens (primary N) is 1. The number of aromatic nitrogens is 1. The van der Waals surface area contributed by atoms with E-state index < -0.39 is 0 Å². The number of aryl methyl sites for hydroxylation is 1. The highest BCUT2D eigenvalue weighted by Crippen LogP contribution is 2.36. The number of hydrogen-bond donors (Lipinski definition) is 1. The molecule has 2 aliphatic rings. The zero-order valence-electron chi connectivity index (χ0n) is 13.7. The molecule has 4 rings (SSSR count). The van der Waals surface area contributed by atoms with Crippen LogP contribution in [0.3, 0.4) is 0 Å². The maximum atomic E-state index is 6.31. The van der Waals surface area contributed by atoms with Gasteiger partial charge in [0.1, 0.15) is 5.69 Å². The molecule has 3 atom stereocenters. The van der Waals surface area contributed by atoms with Crippen molar-refractivity contribution < 1.29 is 4.52 Å². The van der Waals surface area contributed by atoms with E-state index in [9.17, 15) is 0 Å². The van der Waals surface area contributed by atoms with Gasteiger partial charge < -0.3 is 10.3 Å². The van der Waals surface area contributed by atoms with Gasteiger partial charge >= 0.3 is 0 Å². The fraction of sp³-hybridized carbons (Fsp3) is 0.526. The molecule has 3 unspecified atom stereocenters. The Balaban J connectivity index is 1.43. The van der Waals surface area contributed by atoms with E-state index in [1.165, 1.54) is 24.8 Å². The van der Waals surface area contributed by atoms with Crippen molar-refractivity contribution in [1.82, 2.24) is 10.1 Å². The molecular formula is C19H25N3O. The van der Waals surface area contributed by atoms with Crippen LogP contribution >= 0.6 is 0 Å². The highest BCUT2D eigenvalue weighted by Gasteiger charge is 2.38. The predicted molar refractivity (Wildman–Crippen MR) is 90.8 cm³/mol. The number of rotatable bonds is 3. The number of benzene rings is 1. The molecule has 1 saturated heterocycles. The highest BCUT2D eigenvalue weighted by atomic mass is 16.5. The van der Waals surface area contributed by atoms with Gasteiger partial charge in [0.25, 0.3) is 0 Å². The molecule has 2 heterocycles. The lowest BCUT2D eigenvalue weighted by atomic mass is 9.78. The van der Waals surface area contributed by atoms with E-state index in [2.05, 4.69) is 47.3 Å². The molecule has 0 spiro atoms. The Morgan fingerprint density at radius 2 is 2.04 bits per heavy atom. The van der Waals surface area contributed by atoms with Gasteiger partial charge in [0.15, 0.2) is 5.76 Å². The molecule has 0 amide bonds. The molecule has 1 aliphatic carbocycles. The maximum absolute atomic E-state index is 6.31. The lowest BCUT2D eigenvalue weighted by Gasteiger charge is -2.29. The molecule has 2 N–H and O–H groups in total. The number of likely N-dealkylation sites (tertiary alicyclic amines) is 1. The smallest absolute Gasteiger partial charge is 0.151 e. The monoisotopic (exact) mass is 311 g/mol. The van der Waals surface area contributed by atoms with Crippen LogP contribution in [0.5, 0.6) is 0 Å². The van der Waals surface area contributed by atoms with Crippen LogP contribution in [0, 0.1) is 18.8 Å². The van der Waals surface area contributed by atoms with Gasteiger partial charge in [-0.05, 0) is 31.6 Å². The van der Waals surface area contributed by atoms with Crippen molar-refractivity contribution >= 4 is 0 Å². The van der Waals surface area contributed by atoms with E-state index in [0.29, 0.717) is 12.0 Å². The fourth-order valence-electron chi connectivity index (χ4n) is 4.21. The average Bonchev–Trinajstić information content (AvgIpc) is 3.16. The second-order valence-corrected chi connectivity index (χ2v) is 7.26. The molecule has 122 valence electrons. The Morgan fingerprint density at radius 1 is 1.22 bits per heavy atom. The Kier molecular flexibility index (Phi) is 3.95. The summed E-state index contributed by atoms with van der Waals surface area (Å²) >= 11 is 0. The summed E-state index contributed by atoms with van der Waals surface area (Å²) in [5.41, 5.74) is 9.60. The summed E-state index contributed by atoms with van der Waals surface area (Å²) in [7, 11) is 0. The maximum Gasteiger partial charge on any atom is 0.151 e. The molecule has 2 aromatic rings. The normalized spacial score (nSPS) is 28.0. The van der Waals surface area contributed by atoms with Crippen LogP contribution in [0.25, 0.3) is 11.3 Å². The third-order valence-electron chi connectivity index (χ3n) is 5.52. The van der Waals surface area contributed by atoms with Crippen LogP contribution in [0.2, 0.25) is 0 Å². The summed E-state index contributed by atoms with van der Waals surface area (Å²) in [5.74, 6) is 2.40. The van der Waals surface area contributed by atoms with Gasteiger partial charge in [-0.3, -0.25) is 4.90 Å². The first-order chi connectivity index (χ1) is 11.2. The van der Waals surface area contributed by atoms with Crippen LogP contribution in [0.1, 0.15) is 30.6 Å². The number of nitrogens with zero attached hydrogens (tertiary/aromatic N) is 2. The molecule has 0 bridgehead atoms. The van der Waals surface area contributed by atoms with Crippen LogP contribution in [0.15, 0.2) is 34.9 Å². The van der Waals surface area contributed by atoms with Gasteiger partial charge in [-0.25, -0.2) is 0 Å². The average molecular weight is 311 g/mol. The van der Waals surface area contributed by atoms with Gasteiger partial charge in [-0.2, -0.15) is 0 Å². The first kappa shape index (κ1) is 14.9. The molecule has 23 heavy (non-hydrogen) atoms. The van der Waals surface area contributed by atoms with Crippen molar-refractivity contribution in [2.45, 2.75) is 38.8 Å². The zero-order valence-corrected chi connectivity index (χ0v) is 13.7. The molecule has 1 saturated carbocycles. The lowest BCUT2D eigenvalue weighted by Crippen LogP contribution is -2.38. The van der Waals surface area contributed by atoms with Gasteiger partial charge in [0, 0.05) is 30.8 Å². The Morgan fingerprint density at radius 3 is 2.83 bits per heavy atom. The minimum atomic E-state index is 0.386. The number of fused-ring (bicyclic) bond motifs is 1. The minimum Gasteiger partial charge on any atom is -0.359 e. The van der Waals surface area contributed by atoms with Gasteiger partial charge in [-0.15, -0.1) is 0 Å². The van der Waals surface area contributed by atoms with E-state index >= 15 is 0 Å². The minimum absolute atomic E-state index is 0.386. The summed E-state index contributed by atoms with van der Waals surface area (Å²) in [6, 6.07) is 10.9. The summed E-state index contributed by atoms with van der Waals surface area (Å²) in [5, 5.41) is 4.24. The number of hydrogen-bond acceptors (Lipinski definition) is 4. The zero-order chi connectivity index (χ0) is 15.8. The van der Waals surface area contributed by atoms with Crippen molar-refractivity contribution in [2.24, 2.45) is 17.6 Å². The second kappa shape index (κ2) is 6.10. The van der Waals surface area contributed by atoms with E-state index in [1.807, 2.05) is 0 Å². The molecule has 1 aromatic carbocycles. The van der Waals surface area contributed by atoms with Crippen molar-refractivity contribution in [3.63, 3.8) is 0 Å². The van der Waals surface area contributed by atoms with Crippen molar-refractivity contribution in [1.29, 1.82) is 0 Å². The quantitative estimate of drug-likeness (QED) is 0.945. The molecule has 1 aromatic heterocycles. The Bertz CT molecular complexity index is 664. The first-order valence-electron chi connectivity index (χ1n) is 8.69. The molecule has 0 radical (unpaired) electrons. The van der Waals surface area contributed by atoms with Crippen LogP contribution < -0.4 is 5.73 Å². The lowest BCUT2D eigenvalue weighted by molar-refractivity contribution is 0.255. The van der Waals surface area contributed by atoms with Gasteiger partial charge in [0.05, 0.1) is 6.54 Å². The highest BCUT2D eigenvalue weighted by molar-refractivity contribution is 5.59. The molecule has 4 nitrogen and oxygen atoms in total. The van der Waals surface area contributed by atoms with Crippen molar-refractivity contribution in [2.75, 3.05) is 13.1 Å². The van der Waals surface area contributed by atoms with E-state index in [1.54, 1.807) is 0 Å². The summed E-state index contributed by atoms with van der Waals surface area (Å²) in [4.78, 5) is 2.49. The summed E-state index contributed by atoms with van der Waals surface area (Å²) in [6.45, 7) is 5.19. The summed E-state index contributed by atoms with van der Waals surface area (Å²) in [6.07, 6.45) is 3.81. The van der Waals surface area contributed by atoms with E-state index in [0.717, 1.165) is 42.6 Å². The Labute approximate surface area is 137 Å². The third-order valence-corrected chi connectivity index (χ3v) is 5.52. The predicted octanol–water partition coefficient (Wildman–Crippen LogP) is 3.21. The molecule has 2 fully saturated rings. The standard InChI is InChI=1S/C19H25N3O/c1-13-5-7-14(8-6-13)19-9-16(23-21-19)11-22-10-15-3-2-4-18(20)17(15)12-22/h5-9,15,17-18H,2-4,10-12,20H2,1H3. The molecule has 1 aliphatic heterocycles. The topological polar surface area (TPSA) is 55.3 Å². The SMILES string of the molecule is Cc1ccc(-c2cc(CN3CC4CCCC(N)C4C3)on2)cc1. The Hall–Kier alpha value is -1.65. The first-order valence-corrected chi connectivity index (χ1v) is 8.69.